The predicted octanol–water partition coefficient (Wildman–Crippen LogP) is 4.55. The van der Waals surface area contributed by atoms with E-state index in [1.165, 1.54) is 31.0 Å². The van der Waals surface area contributed by atoms with Crippen LogP contribution in [-0.2, 0) is 17.9 Å². The Hall–Kier alpha value is -1.99. The van der Waals surface area contributed by atoms with E-state index in [-0.39, 0.29) is 12.5 Å². The second kappa shape index (κ2) is 10.7. The molecule has 1 aromatic heterocycles. The fourth-order valence-corrected chi connectivity index (χ4v) is 4.30. The van der Waals surface area contributed by atoms with E-state index >= 15 is 0 Å². The highest BCUT2D eigenvalue weighted by atomic mass is 35.5. The number of hydrogen-bond acceptors (Lipinski definition) is 5. The number of ether oxygens (including phenoxy) is 1. The van der Waals surface area contributed by atoms with Crippen LogP contribution in [0.5, 0.6) is 5.75 Å². The van der Waals surface area contributed by atoms with E-state index < -0.39 is 0 Å². The molecule has 1 amide bonds. The van der Waals surface area contributed by atoms with Gasteiger partial charge in [-0.15, -0.1) is 16.8 Å². The Morgan fingerprint density at radius 3 is 2.93 bits per heavy atom. The number of halogens is 1. The fourth-order valence-electron chi connectivity index (χ4n) is 3.35. The Kier molecular flexibility index (Phi) is 8.00. The first-order valence-electron chi connectivity index (χ1n) is 9.91. The highest BCUT2D eigenvalue weighted by molar-refractivity contribution is 7.99. The number of hydrogen-bond donors (Lipinski definition) is 1. The van der Waals surface area contributed by atoms with Gasteiger partial charge in [-0.2, -0.15) is 0 Å². The number of rotatable bonds is 9. The largest absolute Gasteiger partial charge is 0.484 e. The Labute approximate surface area is 181 Å². The average molecular weight is 435 g/mol. The maximum Gasteiger partial charge on any atom is 0.230 e. The Morgan fingerprint density at radius 2 is 2.17 bits per heavy atom. The van der Waals surface area contributed by atoms with Crippen LogP contribution in [0.1, 0.15) is 43.5 Å². The molecule has 1 saturated carbocycles. The summed E-state index contributed by atoms with van der Waals surface area (Å²) in [7, 11) is 0. The minimum atomic E-state index is 0.0411. The van der Waals surface area contributed by atoms with Gasteiger partial charge in [-0.1, -0.05) is 54.8 Å². The number of aryl methyl sites for hydroxylation is 1. The molecule has 0 aliphatic heterocycles. The topological polar surface area (TPSA) is 69.0 Å². The molecule has 1 aliphatic carbocycles. The molecule has 0 spiro atoms. The zero-order valence-corrected chi connectivity index (χ0v) is 18.3. The zero-order chi connectivity index (χ0) is 20.6. The second-order valence-electron chi connectivity index (χ2n) is 7.21. The second-order valence-corrected chi connectivity index (χ2v) is 8.56. The third-order valence-corrected chi connectivity index (χ3v) is 6.13. The first kappa shape index (κ1) is 21.7. The molecule has 2 aromatic rings. The van der Waals surface area contributed by atoms with E-state index in [1.54, 1.807) is 6.08 Å². The lowest BCUT2D eigenvalue weighted by atomic mass is 9.95. The fraction of sp³-hybridized carbons (Fsp3) is 0.476. The van der Waals surface area contributed by atoms with Gasteiger partial charge in [0.25, 0.3) is 0 Å². The lowest BCUT2D eigenvalue weighted by molar-refractivity contribution is -0.119. The predicted molar refractivity (Wildman–Crippen MR) is 116 cm³/mol. The van der Waals surface area contributed by atoms with Crippen molar-refractivity contribution in [2.75, 3.05) is 5.75 Å². The van der Waals surface area contributed by atoms with Crippen molar-refractivity contribution >= 4 is 29.3 Å². The van der Waals surface area contributed by atoms with Gasteiger partial charge in [0.2, 0.25) is 5.91 Å². The quantitative estimate of drug-likeness (QED) is 0.463. The van der Waals surface area contributed by atoms with Crippen LogP contribution in [-0.4, -0.2) is 32.5 Å². The summed E-state index contributed by atoms with van der Waals surface area (Å²) in [4.78, 5) is 12.3. The molecule has 8 heteroatoms. The SMILES string of the molecule is C=CCn1c(COc2cc(C)ccc2Cl)nnc1SCC(=O)NC1CCCCC1. The summed E-state index contributed by atoms with van der Waals surface area (Å²) >= 11 is 7.58. The van der Waals surface area contributed by atoms with Gasteiger partial charge in [-0.05, 0) is 37.5 Å². The smallest absolute Gasteiger partial charge is 0.230 e. The van der Waals surface area contributed by atoms with E-state index in [1.807, 2.05) is 29.7 Å². The van der Waals surface area contributed by atoms with Gasteiger partial charge in [0.05, 0.1) is 10.8 Å². The molecule has 0 atom stereocenters. The van der Waals surface area contributed by atoms with Gasteiger partial charge in [0, 0.05) is 12.6 Å². The lowest BCUT2D eigenvalue weighted by Gasteiger charge is -2.22. The number of amides is 1. The van der Waals surface area contributed by atoms with Gasteiger partial charge in [0.15, 0.2) is 11.0 Å². The minimum absolute atomic E-state index is 0.0411. The summed E-state index contributed by atoms with van der Waals surface area (Å²) in [5.74, 6) is 1.63. The lowest BCUT2D eigenvalue weighted by Crippen LogP contribution is -2.37. The average Bonchev–Trinajstić information content (AvgIpc) is 3.10. The highest BCUT2D eigenvalue weighted by Gasteiger charge is 2.18. The molecule has 3 rings (SSSR count). The van der Waals surface area contributed by atoms with Crippen LogP contribution in [0, 0.1) is 6.92 Å². The Morgan fingerprint density at radius 1 is 1.38 bits per heavy atom. The third kappa shape index (κ3) is 6.24. The van der Waals surface area contributed by atoms with Crippen LogP contribution >= 0.6 is 23.4 Å². The van der Waals surface area contributed by atoms with Crippen LogP contribution < -0.4 is 10.1 Å². The molecular formula is C21H27ClN4O2S. The number of carbonyl (C=O) groups is 1. The van der Waals surface area contributed by atoms with E-state index in [2.05, 4.69) is 22.1 Å². The van der Waals surface area contributed by atoms with Gasteiger partial charge >= 0.3 is 0 Å². The molecule has 1 fully saturated rings. The third-order valence-electron chi connectivity index (χ3n) is 4.85. The van der Waals surface area contributed by atoms with E-state index in [0.717, 1.165) is 18.4 Å². The van der Waals surface area contributed by atoms with Crippen molar-refractivity contribution in [2.24, 2.45) is 0 Å². The number of allylic oxidation sites excluding steroid dienone is 1. The summed E-state index contributed by atoms with van der Waals surface area (Å²) in [6, 6.07) is 5.95. The molecule has 6 nitrogen and oxygen atoms in total. The Balaban J connectivity index is 1.59. The number of thioether (sulfide) groups is 1. The van der Waals surface area contributed by atoms with Crippen LogP contribution in [0.4, 0.5) is 0 Å². The molecule has 156 valence electrons. The van der Waals surface area contributed by atoms with Gasteiger partial charge < -0.3 is 10.1 Å². The molecule has 1 heterocycles. The number of nitrogens with zero attached hydrogens (tertiary/aromatic N) is 3. The van der Waals surface area contributed by atoms with Gasteiger partial charge in [-0.3, -0.25) is 9.36 Å². The van der Waals surface area contributed by atoms with Crippen LogP contribution in [0.15, 0.2) is 36.0 Å². The number of aromatic nitrogens is 3. The van der Waals surface area contributed by atoms with E-state index in [4.69, 9.17) is 16.3 Å². The van der Waals surface area contributed by atoms with Gasteiger partial charge in [-0.25, -0.2) is 0 Å². The molecule has 0 bridgehead atoms. The van der Waals surface area contributed by atoms with E-state index in [0.29, 0.717) is 40.1 Å². The van der Waals surface area contributed by atoms with E-state index in [9.17, 15) is 4.79 Å². The normalized spacial score (nSPS) is 14.6. The standard InChI is InChI=1S/C21H27ClN4O2S/c1-3-11-26-19(13-28-18-12-15(2)9-10-17(18)22)24-25-21(26)29-14-20(27)23-16-7-5-4-6-8-16/h3,9-10,12,16H,1,4-8,11,13-14H2,2H3,(H,23,27). The summed E-state index contributed by atoms with van der Waals surface area (Å²) in [6.07, 6.45) is 7.58. The number of carbonyl (C=O) groups excluding carboxylic acids is 1. The van der Waals surface area contributed by atoms with Crippen molar-refractivity contribution in [2.45, 2.75) is 63.4 Å². The molecule has 1 aliphatic rings. The first-order chi connectivity index (χ1) is 14.1. The highest BCUT2D eigenvalue weighted by Crippen LogP contribution is 2.26. The van der Waals surface area contributed by atoms with Gasteiger partial charge in [0.1, 0.15) is 12.4 Å². The maximum absolute atomic E-state index is 12.3. The number of nitrogens with one attached hydrogen (secondary N) is 1. The first-order valence-corrected chi connectivity index (χ1v) is 11.3. The molecule has 0 saturated heterocycles. The minimum Gasteiger partial charge on any atom is -0.484 e. The van der Waals surface area contributed by atoms with Crippen molar-refractivity contribution in [3.63, 3.8) is 0 Å². The van der Waals surface area contributed by atoms with Crippen LogP contribution in [0.25, 0.3) is 0 Å². The molecule has 1 N–H and O–H groups in total. The summed E-state index contributed by atoms with van der Waals surface area (Å²) in [5, 5.41) is 12.8. The van der Waals surface area contributed by atoms with Crippen LogP contribution in [0.3, 0.4) is 0 Å². The monoisotopic (exact) mass is 434 g/mol. The molecule has 0 unspecified atom stereocenters. The van der Waals surface area contributed by atoms with Crippen molar-refractivity contribution in [1.82, 2.24) is 20.1 Å². The Bertz CT molecular complexity index is 849. The van der Waals surface area contributed by atoms with Crippen molar-refractivity contribution in [1.29, 1.82) is 0 Å². The molecular weight excluding hydrogens is 408 g/mol. The maximum atomic E-state index is 12.3. The summed E-state index contributed by atoms with van der Waals surface area (Å²) in [6.45, 7) is 6.57. The molecule has 1 aromatic carbocycles. The zero-order valence-electron chi connectivity index (χ0n) is 16.7. The number of benzene rings is 1. The van der Waals surface area contributed by atoms with Crippen molar-refractivity contribution < 1.29 is 9.53 Å². The molecule has 29 heavy (non-hydrogen) atoms. The summed E-state index contributed by atoms with van der Waals surface area (Å²) in [5.41, 5.74) is 1.07. The van der Waals surface area contributed by atoms with Crippen LogP contribution in [0.2, 0.25) is 5.02 Å². The summed E-state index contributed by atoms with van der Waals surface area (Å²) < 4.78 is 7.76. The molecule has 0 radical (unpaired) electrons. The van der Waals surface area contributed by atoms with Crippen molar-refractivity contribution in [3.8, 4) is 5.75 Å². The van der Waals surface area contributed by atoms with Crippen molar-refractivity contribution in [3.05, 3.63) is 47.3 Å².